The van der Waals surface area contributed by atoms with Crippen LogP contribution in [-0.2, 0) is 6.42 Å². The van der Waals surface area contributed by atoms with Crippen molar-refractivity contribution in [3.8, 4) is 0 Å². The molecule has 0 unspecified atom stereocenters. The van der Waals surface area contributed by atoms with E-state index in [1.807, 2.05) is 26.8 Å². The molecule has 2 N–H and O–H groups in total. The number of furan rings is 1. The van der Waals surface area contributed by atoms with E-state index in [1.165, 1.54) is 0 Å². The van der Waals surface area contributed by atoms with Crippen LogP contribution in [0.25, 0.3) is 11.0 Å². The maximum absolute atomic E-state index is 6.22. The molecule has 2 nitrogen and oxygen atoms in total. The average molecular weight is 238 g/mol. The van der Waals surface area contributed by atoms with Gasteiger partial charge in [0.1, 0.15) is 5.58 Å². The van der Waals surface area contributed by atoms with E-state index in [4.69, 9.17) is 21.8 Å². The topological polar surface area (TPSA) is 39.2 Å². The summed E-state index contributed by atoms with van der Waals surface area (Å²) < 4.78 is 5.49. The molecule has 1 aromatic heterocycles. The van der Waals surface area contributed by atoms with Gasteiger partial charge >= 0.3 is 0 Å². The Kier molecular flexibility index (Phi) is 2.72. The van der Waals surface area contributed by atoms with Crippen molar-refractivity contribution in [2.24, 2.45) is 5.73 Å². The number of fused-ring (bicyclic) bond motifs is 1. The van der Waals surface area contributed by atoms with Crippen molar-refractivity contribution >= 4 is 22.6 Å². The highest BCUT2D eigenvalue weighted by Crippen LogP contribution is 2.32. The zero-order valence-corrected chi connectivity index (χ0v) is 10.6. The Balaban J connectivity index is 2.61. The summed E-state index contributed by atoms with van der Waals surface area (Å²) in [5.74, 6) is 0. The van der Waals surface area contributed by atoms with Gasteiger partial charge in [-0.25, -0.2) is 0 Å². The first-order chi connectivity index (χ1) is 7.38. The average Bonchev–Trinajstić information content (AvgIpc) is 2.60. The van der Waals surface area contributed by atoms with Crippen LogP contribution in [0.15, 0.2) is 22.8 Å². The SMILES string of the molecule is Cc1cc(CC(C)(C)N)c2occc2c1Cl. The van der Waals surface area contributed by atoms with Gasteiger partial charge < -0.3 is 10.2 Å². The van der Waals surface area contributed by atoms with Crippen molar-refractivity contribution in [1.29, 1.82) is 0 Å². The van der Waals surface area contributed by atoms with E-state index in [9.17, 15) is 0 Å². The van der Waals surface area contributed by atoms with Gasteiger partial charge in [-0.05, 0) is 44.4 Å². The van der Waals surface area contributed by atoms with Gasteiger partial charge in [0.2, 0.25) is 0 Å². The third-order valence-electron chi connectivity index (χ3n) is 2.58. The van der Waals surface area contributed by atoms with Crippen LogP contribution in [0.4, 0.5) is 0 Å². The fourth-order valence-corrected chi connectivity index (χ4v) is 2.16. The molecule has 0 spiro atoms. The van der Waals surface area contributed by atoms with Crippen LogP contribution < -0.4 is 5.73 Å². The molecule has 0 saturated heterocycles. The van der Waals surface area contributed by atoms with Gasteiger partial charge in [0, 0.05) is 10.9 Å². The summed E-state index contributed by atoms with van der Waals surface area (Å²) >= 11 is 6.22. The second kappa shape index (κ2) is 3.79. The number of hydrogen-bond donors (Lipinski definition) is 1. The minimum Gasteiger partial charge on any atom is -0.464 e. The summed E-state index contributed by atoms with van der Waals surface area (Å²) in [5, 5.41) is 1.74. The van der Waals surface area contributed by atoms with Gasteiger partial charge in [0.25, 0.3) is 0 Å². The molecule has 0 saturated carbocycles. The lowest BCUT2D eigenvalue weighted by Gasteiger charge is -2.19. The highest BCUT2D eigenvalue weighted by atomic mass is 35.5. The monoisotopic (exact) mass is 237 g/mol. The second-order valence-electron chi connectivity index (χ2n) is 5.00. The van der Waals surface area contributed by atoms with E-state index in [-0.39, 0.29) is 5.54 Å². The molecule has 0 atom stereocenters. The lowest BCUT2D eigenvalue weighted by molar-refractivity contribution is 0.511. The van der Waals surface area contributed by atoms with Gasteiger partial charge in [-0.3, -0.25) is 0 Å². The Morgan fingerprint density at radius 2 is 2.12 bits per heavy atom. The fraction of sp³-hybridized carbons (Fsp3) is 0.385. The molecule has 86 valence electrons. The smallest absolute Gasteiger partial charge is 0.138 e. The molecule has 3 heteroatoms. The number of aryl methyl sites for hydroxylation is 1. The largest absolute Gasteiger partial charge is 0.464 e. The standard InChI is InChI=1S/C13H16ClNO/c1-8-6-9(7-13(2,3)15)12-10(11(8)14)4-5-16-12/h4-6H,7,15H2,1-3H3. The van der Waals surface area contributed by atoms with Crippen LogP contribution in [-0.4, -0.2) is 5.54 Å². The van der Waals surface area contributed by atoms with E-state index in [1.54, 1.807) is 6.26 Å². The summed E-state index contributed by atoms with van der Waals surface area (Å²) in [6.07, 6.45) is 2.44. The Hall–Kier alpha value is -0.990. The molecule has 0 fully saturated rings. The van der Waals surface area contributed by atoms with Crippen LogP contribution in [0.2, 0.25) is 5.02 Å². The molecule has 0 aliphatic carbocycles. The third kappa shape index (κ3) is 2.08. The molecule has 0 aliphatic heterocycles. The normalized spacial score (nSPS) is 12.3. The van der Waals surface area contributed by atoms with E-state index in [0.29, 0.717) is 0 Å². The Morgan fingerprint density at radius 1 is 1.44 bits per heavy atom. The van der Waals surface area contributed by atoms with Gasteiger partial charge in [0.05, 0.1) is 11.3 Å². The predicted octanol–water partition coefficient (Wildman–Crippen LogP) is 3.67. The molecular formula is C13H16ClNO. The predicted molar refractivity (Wildman–Crippen MR) is 67.9 cm³/mol. The van der Waals surface area contributed by atoms with Crippen LogP contribution in [0.1, 0.15) is 25.0 Å². The van der Waals surface area contributed by atoms with Crippen molar-refractivity contribution in [3.05, 3.63) is 34.5 Å². The molecular weight excluding hydrogens is 222 g/mol. The number of hydrogen-bond acceptors (Lipinski definition) is 2. The van der Waals surface area contributed by atoms with Gasteiger partial charge in [-0.15, -0.1) is 0 Å². The minimum atomic E-state index is -0.250. The molecule has 0 amide bonds. The Labute approximate surface area is 100 Å². The first-order valence-electron chi connectivity index (χ1n) is 5.32. The molecule has 16 heavy (non-hydrogen) atoms. The number of halogens is 1. The maximum atomic E-state index is 6.22. The summed E-state index contributed by atoms with van der Waals surface area (Å²) in [5.41, 5.74) is 8.83. The lowest BCUT2D eigenvalue weighted by Crippen LogP contribution is -2.34. The van der Waals surface area contributed by atoms with Gasteiger partial charge in [-0.1, -0.05) is 17.7 Å². The van der Waals surface area contributed by atoms with Crippen molar-refractivity contribution in [2.45, 2.75) is 32.7 Å². The van der Waals surface area contributed by atoms with Gasteiger partial charge in [-0.2, -0.15) is 0 Å². The van der Waals surface area contributed by atoms with Crippen LogP contribution in [0.5, 0.6) is 0 Å². The first-order valence-corrected chi connectivity index (χ1v) is 5.70. The first kappa shape index (κ1) is 11.5. The molecule has 1 aromatic carbocycles. The number of rotatable bonds is 2. The number of benzene rings is 1. The van der Waals surface area contributed by atoms with E-state index >= 15 is 0 Å². The lowest BCUT2D eigenvalue weighted by atomic mass is 9.94. The van der Waals surface area contributed by atoms with Gasteiger partial charge in [0.15, 0.2) is 0 Å². The van der Waals surface area contributed by atoms with Crippen molar-refractivity contribution in [2.75, 3.05) is 0 Å². The van der Waals surface area contributed by atoms with E-state index in [0.717, 1.165) is 33.5 Å². The van der Waals surface area contributed by atoms with Crippen molar-refractivity contribution in [3.63, 3.8) is 0 Å². The molecule has 1 heterocycles. The molecule has 0 bridgehead atoms. The Bertz CT molecular complexity index is 522. The summed E-state index contributed by atoms with van der Waals surface area (Å²) in [6.45, 7) is 6.01. The molecule has 2 aromatic rings. The number of nitrogens with two attached hydrogens (primary N) is 1. The zero-order chi connectivity index (χ0) is 11.9. The maximum Gasteiger partial charge on any atom is 0.138 e. The summed E-state index contributed by atoms with van der Waals surface area (Å²) in [4.78, 5) is 0. The highest BCUT2D eigenvalue weighted by Gasteiger charge is 2.17. The second-order valence-corrected chi connectivity index (χ2v) is 5.37. The van der Waals surface area contributed by atoms with Crippen LogP contribution in [0.3, 0.4) is 0 Å². The minimum absolute atomic E-state index is 0.250. The summed E-state index contributed by atoms with van der Waals surface area (Å²) in [6, 6.07) is 3.96. The fourth-order valence-electron chi connectivity index (χ4n) is 1.96. The van der Waals surface area contributed by atoms with Crippen LogP contribution >= 0.6 is 11.6 Å². The quantitative estimate of drug-likeness (QED) is 0.866. The molecule has 0 radical (unpaired) electrons. The van der Waals surface area contributed by atoms with E-state index < -0.39 is 0 Å². The Morgan fingerprint density at radius 3 is 2.75 bits per heavy atom. The summed E-state index contributed by atoms with van der Waals surface area (Å²) in [7, 11) is 0. The molecule has 0 aliphatic rings. The molecule has 2 rings (SSSR count). The van der Waals surface area contributed by atoms with E-state index in [2.05, 4.69) is 6.07 Å². The third-order valence-corrected chi connectivity index (χ3v) is 3.08. The van der Waals surface area contributed by atoms with Crippen molar-refractivity contribution < 1.29 is 4.42 Å². The van der Waals surface area contributed by atoms with Crippen LogP contribution in [0, 0.1) is 6.92 Å². The zero-order valence-electron chi connectivity index (χ0n) is 9.80. The highest BCUT2D eigenvalue weighted by molar-refractivity contribution is 6.36. The van der Waals surface area contributed by atoms with Crippen molar-refractivity contribution in [1.82, 2.24) is 0 Å².